The van der Waals surface area contributed by atoms with Crippen LogP contribution in [0.25, 0.3) is 0 Å². The molecule has 0 aromatic carbocycles. The van der Waals surface area contributed by atoms with Crippen LogP contribution >= 0.6 is 0 Å². The Morgan fingerprint density at radius 2 is 0.538 bits per heavy atom. The largest absolute Gasteiger partial charge is 0.0625 e. The molecule has 0 unspecified atom stereocenters. The van der Waals surface area contributed by atoms with Crippen molar-refractivity contribution in [3.8, 4) is 0 Å². The first-order valence-electron chi connectivity index (χ1n) is 12.6. The molecule has 0 heteroatoms. The molecule has 8 bridgehead atoms. The van der Waals surface area contributed by atoms with Crippen LogP contribution in [0.4, 0.5) is 0 Å². The molecule has 0 saturated heterocycles. The molecule has 0 aromatic heterocycles. The highest BCUT2D eigenvalue weighted by molar-refractivity contribution is 5.44. The minimum absolute atomic E-state index is 1.06. The Bertz CT molecular complexity index is 350. The summed E-state index contributed by atoms with van der Waals surface area (Å²) >= 11 is 0. The Morgan fingerprint density at radius 3 is 0.538 bits per heavy atom. The zero-order chi connectivity index (χ0) is 17.8. The summed E-state index contributed by atoms with van der Waals surface area (Å²) in [5.41, 5.74) is 0. The van der Waals surface area contributed by atoms with Crippen molar-refractivity contribution in [3.05, 3.63) is 0 Å². The van der Waals surface area contributed by atoms with Crippen LogP contribution in [0.2, 0.25) is 0 Å². The zero-order valence-electron chi connectivity index (χ0n) is 17.8. The van der Waals surface area contributed by atoms with Crippen molar-refractivity contribution in [2.75, 3.05) is 0 Å². The number of hydrogen-bond acceptors (Lipinski definition) is 0. The van der Waals surface area contributed by atoms with Gasteiger partial charge in [-0.05, 0) is 84.4 Å². The third-order valence-electron chi connectivity index (χ3n) is 10.2. The fourth-order valence-corrected chi connectivity index (χ4v) is 6.35. The lowest BCUT2D eigenvalue weighted by atomic mass is 9.01. The standard InChI is InChI=1S/C6H6.C5H8.3C5H10/c1-2-5-3(1)6(2)4(1)5;1-4-2-5(1)3-4;3*1-5-3-2-4-5/h1-6H;4-5H,1-3H2;3*5H,2-4H2,1H3. The van der Waals surface area contributed by atoms with E-state index in [1.54, 1.807) is 19.3 Å². The van der Waals surface area contributed by atoms with Crippen molar-refractivity contribution >= 4 is 0 Å². The van der Waals surface area contributed by atoms with Crippen molar-refractivity contribution in [2.24, 2.45) is 65.1 Å². The van der Waals surface area contributed by atoms with E-state index in [-0.39, 0.29) is 0 Å². The van der Waals surface area contributed by atoms with Crippen molar-refractivity contribution in [1.29, 1.82) is 0 Å². The average Bonchev–Trinajstić information content (AvgIpc) is 2.23. The molecular weight excluding hydrogens is 312 g/mol. The number of rotatable bonds is 0. The summed E-state index contributed by atoms with van der Waals surface area (Å²) in [5.74, 6) is 13.6. The van der Waals surface area contributed by atoms with E-state index in [2.05, 4.69) is 20.8 Å². The van der Waals surface area contributed by atoms with E-state index < -0.39 is 0 Å². The van der Waals surface area contributed by atoms with Crippen LogP contribution in [0.1, 0.15) is 97.8 Å². The summed E-state index contributed by atoms with van der Waals surface area (Å²) in [6, 6.07) is 0. The first-order valence-corrected chi connectivity index (χ1v) is 12.6. The Hall–Kier alpha value is 0. The van der Waals surface area contributed by atoms with E-state index in [0.29, 0.717) is 0 Å². The van der Waals surface area contributed by atoms with Gasteiger partial charge in [0.05, 0.1) is 0 Å². The molecule has 13 rings (SSSR count). The van der Waals surface area contributed by atoms with Crippen LogP contribution in [0.5, 0.6) is 0 Å². The predicted molar refractivity (Wildman–Crippen MR) is 111 cm³/mol. The first kappa shape index (κ1) is 18.1. The summed E-state index contributed by atoms with van der Waals surface area (Å²) in [6.07, 6.45) is 18.1. The van der Waals surface area contributed by atoms with Crippen molar-refractivity contribution in [1.82, 2.24) is 0 Å². The van der Waals surface area contributed by atoms with Crippen molar-refractivity contribution in [3.63, 3.8) is 0 Å². The molecule has 0 spiro atoms. The van der Waals surface area contributed by atoms with Gasteiger partial charge in [0.25, 0.3) is 0 Å². The molecule has 13 aliphatic carbocycles. The maximum Gasteiger partial charge on any atom is -0.0312 e. The normalized spacial score (nSPS) is 50.9. The quantitative estimate of drug-likeness (QED) is 0.420. The highest BCUT2D eigenvalue weighted by Crippen LogP contribution is 3.00. The molecule has 0 atom stereocenters. The fraction of sp³-hybridized carbons (Fsp3) is 1.00. The molecule has 0 N–H and O–H groups in total. The van der Waals surface area contributed by atoms with Gasteiger partial charge in [0.2, 0.25) is 0 Å². The van der Waals surface area contributed by atoms with E-state index in [4.69, 9.17) is 0 Å². The molecule has 0 amide bonds. The molecule has 0 radical (unpaired) electrons. The van der Waals surface area contributed by atoms with E-state index in [1.807, 2.05) is 0 Å². The van der Waals surface area contributed by atoms with Crippen LogP contribution < -0.4 is 0 Å². The maximum absolute atomic E-state index is 2.31. The van der Waals surface area contributed by atoms with Gasteiger partial charge in [0, 0.05) is 0 Å². The number of hydrogen-bond donors (Lipinski definition) is 0. The lowest BCUT2D eigenvalue weighted by Gasteiger charge is -3.03. The second-order valence-electron chi connectivity index (χ2n) is 12.0. The van der Waals surface area contributed by atoms with E-state index in [0.717, 1.165) is 17.8 Å². The third kappa shape index (κ3) is 2.91. The molecule has 13 fully saturated rings. The lowest BCUT2D eigenvalue weighted by molar-refractivity contribution is -0.565. The maximum atomic E-state index is 2.31. The fourth-order valence-electron chi connectivity index (χ4n) is 6.35. The van der Waals surface area contributed by atoms with Gasteiger partial charge < -0.3 is 0 Å². The smallest absolute Gasteiger partial charge is 0.0312 e. The van der Waals surface area contributed by atoms with E-state index in [1.165, 1.54) is 105 Å². The van der Waals surface area contributed by atoms with E-state index >= 15 is 0 Å². The lowest BCUT2D eigenvalue weighted by Crippen LogP contribution is -3.00. The monoisotopic (exact) mass is 356 g/mol. The van der Waals surface area contributed by atoms with Crippen molar-refractivity contribution < 1.29 is 0 Å². The Kier molecular flexibility index (Phi) is 4.94. The van der Waals surface area contributed by atoms with Gasteiger partial charge in [-0.3, -0.25) is 0 Å². The van der Waals surface area contributed by atoms with Gasteiger partial charge in [0.15, 0.2) is 0 Å². The van der Waals surface area contributed by atoms with Gasteiger partial charge in [0.1, 0.15) is 0 Å². The molecule has 0 aromatic rings. The molecule has 0 nitrogen and oxygen atoms in total. The van der Waals surface area contributed by atoms with Crippen LogP contribution in [0.3, 0.4) is 0 Å². The molecule has 0 aliphatic heterocycles. The summed E-state index contributed by atoms with van der Waals surface area (Å²) in [6.45, 7) is 6.93. The minimum atomic E-state index is 1.06. The van der Waals surface area contributed by atoms with Crippen LogP contribution in [0, 0.1) is 65.1 Å². The molecule has 26 heavy (non-hydrogen) atoms. The Morgan fingerprint density at radius 1 is 0.385 bits per heavy atom. The van der Waals surface area contributed by atoms with Gasteiger partial charge in [-0.1, -0.05) is 78.6 Å². The van der Waals surface area contributed by atoms with Gasteiger partial charge in [-0.15, -0.1) is 0 Å². The molecule has 148 valence electrons. The summed E-state index contributed by atoms with van der Waals surface area (Å²) < 4.78 is 0. The SMILES string of the molecule is C12C3C4C1C3C24.C1C2CC1C2.CC1CCC1.CC1CCC1.CC1CCC1. The highest BCUT2D eigenvalue weighted by atomic mass is 15.0. The topological polar surface area (TPSA) is 0 Å². The van der Waals surface area contributed by atoms with E-state index in [9.17, 15) is 0 Å². The second-order valence-corrected chi connectivity index (χ2v) is 12.0. The van der Waals surface area contributed by atoms with Crippen molar-refractivity contribution in [2.45, 2.75) is 97.8 Å². The molecule has 13 saturated carbocycles. The van der Waals surface area contributed by atoms with Crippen LogP contribution in [-0.2, 0) is 0 Å². The molecule has 0 heterocycles. The minimum Gasteiger partial charge on any atom is -0.0625 e. The molecule has 13 aliphatic rings. The van der Waals surface area contributed by atoms with Gasteiger partial charge >= 0.3 is 0 Å². The Labute approximate surface area is 163 Å². The van der Waals surface area contributed by atoms with Gasteiger partial charge in [-0.25, -0.2) is 0 Å². The predicted octanol–water partition coefficient (Wildman–Crippen LogP) is 7.57. The molecular formula is C26H44. The van der Waals surface area contributed by atoms with Crippen LogP contribution in [-0.4, -0.2) is 0 Å². The summed E-state index contributed by atoms with van der Waals surface area (Å²) in [5, 5.41) is 0. The van der Waals surface area contributed by atoms with Gasteiger partial charge in [-0.2, -0.15) is 0 Å². The zero-order valence-corrected chi connectivity index (χ0v) is 17.8. The van der Waals surface area contributed by atoms with Crippen LogP contribution in [0.15, 0.2) is 0 Å². The second kappa shape index (κ2) is 7.11. The highest BCUT2D eigenvalue weighted by Gasteiger charge is 2.97. The average molecular weight is 357 g/mol. The first-order chi connectivity index (χ1) is 12.6. The third-order valence-corrected chi connectivity index (χ3v) is 10.2. The Balaban J connectivity index is 0.0000000725. The summed E-state index contributed by atoms with van der Waals surface area (Å²) in [7, 11) is 0. The summed E-state index contributed by atoms with van der Waals surface area (Å²) in [4.78, 5) is 0.